The minimum absolute atomic E-state index is 0.133. The lowest BCUT2D eigenvalue weighted by molar-refractivity contribution is -0.121. The zero-order chi connectivity index (χ0) is 23.5. The minimum Gasteiger partial charge on any atom is -0.381 e. The number of rotatable bonds is 7. The lowest BCUT2D eigenvalue weighted by Crippen LogP contribution is -2.31. The Morgan fingerprint density at radius 3 is 2.45 bits per heavy atom. The topological polar surface area (TPSA) is 88.9 Å². The van der Waals surface area contributed by atoms with Gasteiger partial charge in [0.2, 0.25) is 0 Å². The summed E-state index contributed by atoms with van der Waals surface area (Å²) < 4.78 is 1.84. The third-order valence-corrected chi connectivity index (χ3v) is 6.79. The zero-order valence-corrected chi connectivity index (χ0v) is 19.9. The fraction of sp³-hybridized carbons (Fsp3) is 0.462. The molecule has 1 aliphatic rings. The zero-order valence-electron chi connectivity index (χ0n) is 19.9. The van der Waals surface area contributed by atoms with E-state index in [1.54, 1.807) is 19.3 Å². The van der Waals surface area contributed by atoms with Gasteiger partial charge in [-0.2, -0.15) is 5.10 Å². The molecule has 2 aromatic heterocycles. The summed E-state index contributed by atoms with van der Waals surface area (Å²) in [5, 5.41) is 12.1. The second kappa shape index (κ2) is 9.73. The van der Waals surface area contributed by atoms with Crippen molar-refractivity contribution in [3.63, 3.8) is 0 Å². The molecular weight excluding hydrogens is 414 g/mol. The van der Waals surface area contributed by atoms with Gasteiger partial charge in [0.05, 0.1) is 28.9 Å². The standard InChI is InChI=1S/C26H33N5O2/c1-5-31-25-22(15-28-31)24(30-21-12-10-20(11-13-21)18(4)32)23(14-27-25)26(33)29-17(3)19-8-6-16(2)7-9-19/h6-9,14-15,17,20-21H,5,10-13H2,1-4H3,(H,27,30)(H,29,33). The van der Waals surface area contributed by atoms with Gasteiger partial charge in [-0.1, -0.05) is 29.8 Å². The first-order valence-corrected chi connectivity index (χ1v) is 11.9. The maximum Gasteiger partial charge on any atom is 0.255 e. The molecule has 174 valence electrons. The Labute approximate surface area is 195 Å². The molecule has 0 radical (unpaired) electrons. The Morgan fingerprint density at radius 2 is 1.82 bits per heavy atom. The molecule has 1 atom stereocenters. The molecule has 7 nitrogen and oxygen atoms in total. The maximum absolute atomic E-state index is 13.4. The number of carbonyl (C=O) groups is 2. The van der Waals surface area contributed by atoms with Crippen LogP contribution in [0.3, 0.4) is 0 Å². The van der Waals surface area contributed by atoms with Gasteiger partial charge in [0.1, 0.15) is 5.78 Å². The van der Waals surface area contributed by atoms with E-state index < -0.39 is 0 Å². The molecule has 0 bridgehead atoms. The lowest BCUT2D eigenvalue weighted by Gasteiger charge is -2.29. The van der Waals surface area contributed by atoms with Gasteiger partial charge in [-0.3, -0.25) is 9.59 Å². The Bertz CT molecular complexity index is 1140. The minimum atomic E-state index is -0.165. The first-order chi connectivity index (χ1) is 15.9. The SMILES string of the molecule is CCn1ncc2c(NC3CCC(C(C)=O)CC3)c(C(=O)NC(C)c3ccc(C)cc3)cnc21. The number of aromatic nitrogens is 3. The molecule has 1 unspecified atom stereocenters. The number of nitrogens with zero attached hydrogens (tertiary/aromatic N) is 3. The predicted molar refractivity (Wildman–Crippen MR) is 130 cm³/mol. The molecule has 0 spiro atoms. The second-order valence-corrected chi connectivity index (χ2v) is 9.15. The monoisotopic (exact) mass is 447 g/mol. The van der Waals surface area contributed by atoms with Crippen LogP contribution < -0.4 is 10.6 Å². The van der Waals surface area contributed by atoms with Crippen LogP contribution in [0.2, 0.25) is 0 Å². The molecule has 1 amide bonds. The number of nitrogens with one attached hydrogen (secondary N) is 2. The summed E-state index contributed by atoms with van der Waals surface area (Å²) in [5.41, 5.74) is 4.30. The van der Waals surface area contributed by atoms with E-state index in [2.05, 4.69) is 32.8 Å². The van der Waals surface area contributed by atoms with Crippen molar-refractivity contribution in [1.29, 1.82) is 0 Å². The van der Waals surface area contributed by atoms with Crippen molar-refractivity contribution in [2.75, 3.05) is 5.32 Å². The Kier molecular flexibility index (Phi) is 6.77. The Hall–Kier alpha value is -3.22. The van der Waals surface area contributed by atoms with E-state index in [-0.39, 0.29) is 29.7 Å². The van der Waals surface area contributed by atoms with Crippen LogP contribution >= 0.6 is 0 Å². The largest absolute Gasteiger partial charge is 0.381 e. The number of amides is 1. The van der Waals surface area contributed by atoms with Crippen molar-refractivity contribution >= 4 is 28.4 Å². The smallest absolute Gasteiger partial charge is 0.255 e. The van der Waals surface area contributed by atoms with E-state index in [1.807, 2.05) is 37.6 Å². The van der Waals surface area contributed by atoms with Gasteiger partial charge in [-0.15, -0.1) is 0 Å². The predicted octanol–water partition coefficient (Wildman–Crippen LogP) is 4.81. The Morgan fingerprint density at radius 1 is 1.12 bits per heavy atom. The third kappa shape index (κ3) is 4.92. The normalized spacial score (nSPS) is 19.3. The van der Waals surface area contributed by atoms with Crippen LogP contribution in [-0.4, -0.2) is 32.5 Å². The van der Waals surface area contributed by atoms with Crippen molar-refractivity contribution in [1.82, 2.24) is 20.1 Å². The summed E-state index contributed by atoms with van der Waals surface area (Å²) >= 11 is 0. The molecule has 2 heterocycles. The molecule has 1 aromatic carbocycles. The van der Waals surface area contributed by atoms with Crippen molar-refractivity contribution < 1.29 is 9.59 Å². The van der Waals surface area contributed by atoms with Gasteiger partial charge in [0.25, 0.3) is 5.91 Å². The number of aryl methyl sites for hydroxylation is 2. The van der Waals surface area contributed by atoms with Crippen LogP contribution in [0.4, 0.5) is 5.69 Å². The molecule has 1 aliphatic carbocycles. The fourth-order valence-electron chi connectivity index (χ4n) is 4.65. The van der Waals surface area contributed by atoms with E-state index >= 15 is 0 Å². The second-order valence-electron chi connectivity index (χ2n) is 9.15. The van der Waals surface area contributed by atoms with Gasteiger partial charge in [-0.05, 0) is 58.9 Å². The molecule has 7 heteroatoms. The Balaban J connectivity index is 1.61. The van der Waals surface area contributed by atoms with Gasteiger partial charge < -0.3 is 10.6 Å². The highest BCUT2D eigenvalue weighted by atomic mass is 16.1. The average molecular weight is 448 g/mol. The first-order valence-electron chi connectivity index (χ1n) is 11.9. The lowest BCUT2D eigenvalue weighted by atomic mass is 9.84. The molecule has 2 N–H and O–H groups in total. The number of benzene rings is 1. The molecule has 33 heavy (non-hydrogen) atoms. The van der Waals surface area contributed by atoms with Crippen LogP contribution in [0.15, 0.2) is 36.7 Å². The van der Waals surface area contributed by atoms with E-state index in [0.717, 1.165) is 48.0 Å². The molecule has 1 fully saturated rings. The van der Waals surface area contributed by atoms with Crippen molar-refractivity contribution in [3.8, 4) is 0 Å². The first kappa shape index (κ1) is 23.0. The van der Waals surface area contributed by atoms with Gasteiger partial charge >= 0.3 is 0 Å². The van der Waals surface area contributed by atoms with Crippen LogP contribution in [0.5, 0.6) is 0 Å². The molecular formula is C26H33N5O2. The number of pyridine rings is 1. The average Bonchev–Trinajstić information content (AvgIpc) is 3.23. The van der Waals surface area contributed by atoms with Crippen molar-refractivity contribution in [2.45, 2.75) is 72.0 Å². The number of fused-ring (bicyclic) bond motifs is 1. The summed E-state index contributed by atoms with van der Waals surface area (Å²) in [6.45, 7) is 8.44. The van der Waals surface area contributed by atoms with Crippen LogP contribution in [0.1, 0.15) is 74.0 Å². The van der Waals surface area contributed by atoms with Crippen LogP contribution in [-0.2, 0) is 11.3 Å². The highest BCUT2D eigenvalue weighted by molar-refractivity contribution is 6.06. The summed E-state index contributed by atoms with van der Waals surface area (Å²) in [6.07, 6.45) is 6.99. The summed E-state index contributed by atoms with van der Waals surface area (Å²) in [6, 6.07) is 8.26. The molecule has 0 saturated heterocycles. The van der Waals surface area contributed by atoms with Crippen molar-refractivity contribution in [3.05, 3.63) is 53.3 Å². The fourth-order valence-corrected chi connectivity index (χ4v) is 4.65. The number of Topliss-reactive ketones (excluding diaryl/α,β-unsaturated/α-hetero) is 1. The van der Waals surface area contributed by atoms with Crippen LogP contribution in [0.25, 0.3) is 11.0 Å². The van der Waals surface area contributed by atoms with Gasteiger partial charge in [0.15, 0.2) is 5.65 Å². The van der Waals surface area contributed by atoms with E-state index in [4.69, 9.17) is 0 Å². The third-order valence-electron chi connectivity index (χ3n) is 6.79. The van der Waals surface area contributed by atoms with Crippen molar-refractivity contribution in [2.24, 2.45) is 5.92 Å². The number of hydrogen-bond acceptors (Lipinski definition) is 5. The van der Waals surface area contributed by atoms with E-state index in [0.29, 0.717) is 12.1 Å². The highest BCUT2D eigenvalue weighted by Gasteiger charge is 2.27. The molecule has 1 saturated carbocycles. The number of carbonyl (C=O) groups excluding carboxylic acids is 2. The maximum atomic E-state index is 13.4. The summed E-state index contributed by atoms with van der Waals surface area (Å²) in [4.78, 5) is 29.7. The quantitative estimate of drug-likeness (QED) is 0.543. The van der Waals surface area contributed by atoms with Gasteiger partial charge in [-0.25, -0.2) is 9.67 Å². The summed E-state index contributed by atoms with van der Waals surface area (Å²) in [7, 11) is 0. The molecule has 3 aromatic rings. The van der Waals surface area contributed by atoms with E-state index in [1.165, 1.54) is 5.56 Å². The number of ketones is 1. The van der Waals surface area contributed by atoms with Crippen LogP contribution in [0, 0.1) is 12.8 Å². The summed E-state index contributed by atoms with van der Waals surface area (Å²) in [5.74, 6) is 0.261. The number of anilines is 1. The molecule has 0 aliphatic heterocycles. The molecule has 4 rings (SSSR count). The van der Waals surface area contributed by atoms with E-state index in [9.17, 15) is 9.59 Å². The van der Waals surface area contributed by atoms with Gasteiger partial charge in [0, 0.05) is 24.7 Å². The number of hydrogen-bond donors (Lipinski definition) is 2. The highest BCUT2D eigenvalue weighted by Crippen LogP contribution is 2.32.